The number of fused-ring (bicyclic) bond motifs is 2. The van der Waals surface area contributed by atoms with E-state index in [0.29, 0.717) is 0 Å². The summed E-state index contributed by atoms with van der Waals surface area (Å²) in [6, 6.07) is 5.91. The second kappa shape index (κ2) is 3.45. The zero-order valence-electron chi connectivity index (χ0n) is 11.4. The minimum Gasteiger partial charge on any atom is -0.385 e. The molecular formula is C16H21NO. The van der Waals surface area contributed by atoms with E-state index < -0.39 is 5.60 Å². The molecule has 96 valence electrons. The molecule has 2 nitrogen and oxygen atoms in total. The van der Waals surface area contributed by atoms with Crippen molar-refractivity contribution in [3.63, 3.8) is 0 Å². The maximum absolute atomic E-state index is 10.9. The van der Waals surface area contributed by atoms with Gasteiger partial charge < -0.3 is 5.11 Å². The third-order valence-electron chi connectivity index (χ3n) is 5.34. The fourth-order valence-corrected chi connectivity index (χ4v) is 4.07. The molecule has 0 spiro atoms. The molecule has 2 heteroatoms. The van der Waals surface area contributed by atoms with Crippen LogP contribution in [0.2, 0.25) is 0 Å². The Morgan fingerprint density at radius 3 is 2.56 bits per heavy atom. The first-order valence-corrected chi connectivity index (χ1v) is 6.74. The summed E-state index contributed by atoms with van der Waals surface area (Å²) in [5.74, 6) is 0. The van der Waals surface area contributed by atoms with Crippen LogP contribution in [0.4, 0.5) is 0 Å². The van der Waals surface area contributed by atoms with E-state index in [1.54, 1.807) is 6.20 Å². The van der Waals surface area contributed by atoms with Gasteiger partial charge in [-0.1, -0.05) is 19.9 Å². The van der Waals surface area contributed by atoms with Gasteiger partial charge in [-0.25, -0.2) is 0 Å². The number of aromatic nitrogens is 1. The van der Waals surface area contributed by atoms with E-state index in [-0.39, 0.29) is 10.8 Å². The van der Waals surface area contributed by atoms with Gasteiger partial charge in [0, 0.05) is 11.6 Å². The van der Waals surface area contributed by atoms with Gasteiger partial charge in [-0.2, -0.15) is 0 Å². The Morgan fingerprint density at radius 2 is 2.00 bits per heavy atom. The Morgan fingerprint density at radius 1 is 1.22 bits per heavy atom. The molecule has 0 saturated heterocycles. The van der Waals surface area contributed by atoms with Crippen molar-refractivity contribution in [2.75, 3.05) is 0 Å². The maximum atomic E-state index is 10.9. The molecule has 1 N–H and O–H groups in total. The summed E-state index contributed by atoms with van der Waals surface area (Å²) in [5.41, 5.74) is 1.60. The Balaban J connectivity index is 2.10. The van der Waals surface area contributed by atoms with Gasteiger partial charge >= 0.3 is 0 Å². The van der Waals surface area contributed by atoms with Crippen LogP contribution < -0.4 is 0 Å². The van der Waals surface area contributed by atoms with Crippen LogP contribution in [0.15, 0.2) is 30.0 Å². The predicted octanol–water partition coefficient (Wildman–Crippen LogP) is 3.43. The third-order valence-corrected chi connectivity index (χ3v) is 5.34. The van der Waals surface area contributed by atoms with Crippen LogP contribution in [-0.2, 0) is 0 Å². The summed E-state index contributed by atoms with van der Waals surface area (Å²) in [6.07, 6.45) is 7.29. The van der Waals surface area contributed by atoms with Crippen molar-refractivity contribution in [1.29, 1.82) is 0 Å². The van der Waals surface area contributed by atoms with Gasteiger partial charge in [-0.05, 0) is 55.4 Å². The molecule has 2 fully saturated rings. The van der Waals surface area contributed by atoms with Gasteiger partial charge in [0.05, 0.1) is 11.3 Å². The van der Waals surface area contributed by atoms with E-state index >= 15 is 0 Å². The van der Waals surface area contributed by atoms with E-state index in [1.165, 1.54) is 12.0 Å². The van der Waals surface area contributed by atoms with Crippen molar-refractivity contribution < 1.29 is 5.11 Å². The minimum atomic E-state index is -0.697. The molecule has 0 radical (unpaired) electrons. The first-order chi connectivity index (χ1) is 8.37. The average molecular weight is 243 g/mol. The van der Waals surface area contributed by atoms with Crippen molar-refractivity contribution in [3.05, 3.63) is 35.7 Å². The summed E-state index contributed by atoms with van der Waals surface area (Å²) in [6.45, 7) is 6.48. The van der Waals surface area contributed by atoms with Crippen LogP contribution in [0.5, 0.6) is 0 Å². The summed E-state index contributed by atoms with van der Waals surface area (Å²) in [5, 5.41) is 10.9. The molecule has 3 unspecified atom stereocenters. The Kier molecular flexibility index (Phi) is 2.28. The van der Waals surface area contributed by atoms with Crippen molar-refractivity contribution in [2.24, 2.45) is 10.8 Å². The van der Waals surface area contributed by atoms with E-state index in [9.17, 15) is 5.11 Å². The molecule has 0 amide bonds. The van der Waals surface area contributed by atoms with Crippen molar-refractivity contribution in [1.82, 2.24) is 4.98 Å². The number of aliphatic hydroxyl groups is 1. The van der Waals surface area contributed by atoms with Crippen LogP contribution in [0, 0.1) is 10.8 Å². The monoisotopic (exact) mass is 243 g/mol. The number of rotatable bonds is 1. The van der Waals surface area contributed by atoms with Crippen molar-refractivity contribution in [2.45, 2.75) is 45.6 Å². The second-order valence-electron chi connectivity index (χ2n) is 6.68. The molecule has 0 aromatic carbocycles. The van der Waals surface area contributed by atoms with E-state index in [1.807, 2.05) is 25.1 Å². The van der Waals surface area contributed by atoms with Gasteiger partial charge in [0.2, 0.25) is 0 Å². The van der Waals surface area contributed by atoms with Gasteiger partial charge in [-0.15, -0.1) is 0 Å². The molecule has 3 atom stereocenters. The van der Waals surface area contributed by atoms with Crippen molar-refractivity contribution in [3.8, 4) is 0 Å². The number of pyridine rings is 1. The van der Waals surface area contributed by atoms with E-state index in [4.69, 9.17) is 0 Å². The Labute approximate surface area is 109 Å². The molecule has 18 heavy (non-hydrogen) atoms. The summed E-state index contributed by atoms with van der Waals surface area (Å²) < 4.78 is 0. The topological polar surface area (TPSA) is 33.1 Å². The molecule has 1 aromatic rings. The summed E-state index contributed by atoms with van der Waals surface area (Å²) in [4.78, 5) is 4.36. The molecule has 2 bridgehead atoms. The SMILES string of the molecule is CC12CCC(C)(C1)C(C)(O)C2=Cc1ccccn1. The zero-order valence-corrected chi connectivity index (χ0v) is 11.4. The maximum Gasteiger partial charge on any atom is 0.0891 e. The standard InChI is InChI=1S/C16H21NO/c1-14-7-8-15(2,11-14)16(3,18)13(14)10-12-6-4-5-9-17-12/h4-6,9-10,18H,7-8,11H2,1-3H3. The number of hydrogen-bond acceptors (Lipinski definition) is 2. The highest BCUT2D eigenvalue weighted by atomic mass is 16.3. The first-order valence-electron chi connectivity index (χ1n) is 6.74. The van der Waals surface area contributed by atoms with Crippen molar-refractivity contribution >= 4 is 6.08 Å². The van der Waals surface area contributed by atoms with Crippen LogP contribution in [-0.4, -0.2) is 15.7 Å². The van der Waals surface area contributed by atoms with Gasteiger partial charge in [0.1, 0.15) is 0 Å². The third kappa shape index (κ3) is 1.42. The normalized spacial score (nSPS) is 44.8. The largest absolute Gasteiger partial charge is 0.385 e. The first kappa shape index (κ1) is 11.9. The summed E-state index contributed by atoms with van der Waals surface area (Å²) in [7, 11) is 0. The fraction of sp³-hybridized carbons (Fsp3) is 0.562. The molecule has 0 aliphatic heterocycles. The molecular weight excluding hydrogens is 222 g/mol. The molecule has 1 aromatic heterocycles. The minimum absolute atomic E-state index is 0.0301. The van der Waals surface area contributed by atoms with Crippen LogP contribution in [0.25, 0.3) is 6.08 Å². The van der Waals surface area contributed by atoms with E-state index in [0.717, 1.165) is 18.5 Å². The van der Waals surface area contributed by atoms with Gasteiger partial charge in [-0.3, -0.25) is 4.98 Å². The number of hydrogen-bond donors (Lipinski definition) is 1. The second-order valence-corrected chi connectivity index (χ2v) is 6.68. The lowest BCUT2D eigenvalue weighted by Crippen LogP contribution is -2.42. The highest BCUT2D eigenvalue weighted by molar-refractivity contribution is 5.57. The molecule has 2 aliphatic rings. The number of nitrogens with zero attached hydrogens (tertiary/aromatic N) is 1. The van der Waals surface area contributed by atoms with Gasteiger partial charge in [0.25, 0.3) is 0 Å². The van der Waals surface area contributed by atoms with Crippen LogP contribution in [0.3, 0.4) is 0 Å². The highest BCUT2D eigenvalue weighted by Crippen LogP contribution is 2.68. The van der Waals surface area contributed by atoms with Crippen LogP contribution >= 0.6 is 0 Å². The average Bonchev–Trinajstić information content (AvgIpc) is 2.71. The van der Waals surface area contributed by atoms with Gasteiger partial charge in [0.15, 0.2) is 0 Å². The lowest BCUT2D eigenvalue weighted by molar-refractivity contribution is -0.0136. The predicted molar refractivity (Wildman–Crippen MR) is 72.9 cm³/mol. The molecule has 1 heterocycles. The molecule has 3 rings (SSSR count). The Bertz CT molecular complexity index is 505. The smallest absolute Gasteiger partial charge is 0.0891 e. The lowest BCUT2D eigenvalue weighted by atomic mass is 9.69. The fourth-order valence-electron chi connectivity index (χ4n) is 4.07. The highest BCUT2D eigenvalue weighted by Gasteiger charge is 2.64. The lowest BCUT2D eigenvalue weighted by Gasteiger charge is -2.41. The molecule has 2 aliphatic carbocycles. The zero-order chi connectivity index (χ0) is 13.0. The Hall–Kier alpha value is -1.15. The van der Waals surface area contributed by atoms with Crippen LogP contribution in [0.1, 0.15) is 45.7 Å². The molecule has 2 saturated carbocycles. The summed E-state index contributed by atoms with van der Waals surface area (Å²) >= 11 is 0. The quantitative estimate of drug-likeness (QED) is 0.819. The van der Waals surface area contributed by atoms with E-state index in [2.05, 4.69) is 24.9 Å².